The fourth-order valence-corrected chi connectivity index (χ4v) is 6.47. The van der Waals surface area contributed by atoms with Gasteiger partial charge in [0, 0.05) is 44.2 Å². The first-order valence-corrected chi connectivity index (χ1v) is 17.0. The fourth-order valence-electron chi connectivity index (χ4n) is 5.57. The predicted molar refractivity (Wildman–Crippen MR) is 179 cm³/mol. The van der Waals surface area contributed by atoms with Crippen molar-refractivity contribution in [1.82, 2.24) is 20.1 Å². The first kappa shape index (κ1) is 34.3. The Kier molecular flexibility index (Phi) is 12.6. The highest BCUT2D eigenvalue weighted by atomic mass is 32.2. The summed E-state index contributed by atoms with van der Waals surface area (Å²) < 4.78 is 14.9. The Morgan fingerprint density at radius 1 is 0.936 bits per heavy atom. The van der Waals surface area contributed by atoms with Crippen LogP contribution in [-0.4, -0.2) is 48.7 Å². The normalized spacial score (nSPS) is 17.8. The summed E-state index contributed by atoms with van der Waals surface area (Å²) in [4.78, 5) is 23.1. The first-order chi connectivity index (χ1) is 22.9. The lowest BCUT2D eigenvalue weighted by Gasteiger charge is -2.36. The molecular weight excluding hydrogens is 616 g/mol. The summed E-state index contributed by atoms with van der Waals surface area (Å²) in [5.41, 5.74) is 5.89. The van der Waals surface area contributed by atoms with E-state index in [4.69, 9.17) is 14.6 Å². The van der Waals surface area contributed by atoms with Crippen LogP contribution in [-0.2, 0) is 39.3 Å². The molecule has 3 unspecified atom stereocenters. The molecule has 2 heterocycles. The highest BCUT2D eigenvalue weighted by molar-refractivity contribution is 7.99. The van der Waals surface area contributed by atoms with Crippen LogP contribution in [0.3, 0.4) is 0 Å². The van der Waals surface area contributed by atoms with Gasteiger partial charge in [0.15, 0.2) is 11.4 Å². The Morgan fingerprint density at radius 2 is 1.66 bits per heavy atom. The Bertz CT molecular complexity index is 1590. The number of aliphatic hydroxyl groups is 1. The van der Waals surface area contributed by atoms with Gasteiger partial charge in [-0.3, -0.25) is 9.59 Å². The van der Waals surface area contributed by atoms with Gasteiger partial charge in [-0.1, -0.05) is 97.4 Å². The number of carboxylic acids is 1. The summed E-state index contributed by atoms with van der Waals surface area (Å²) >= 11 is 1.60. The molecule has 1 amide bonds. The van der Waals surface area contributed by atoms with Gasteiger partial charge in [-0.2, -0.15) is 0 Å². The smallest absolute Gasteiger partial charge is 0.303 e. The maximum atomic E-state index is 12.5. The van der Waals surface area contributed by atoms with Crippen LogP contribution in [0.15, 0.2) is 84.3 Å². The van der Waals surface area contributed by atoms with E-state index < -0.39 is 12.3 Å². The number of aliphatic hydroxyl groups excluding tert-OH is 1. The third-order valence-electron chi connectivity index (χ3n) is 8.21. The third-order valence-corrected chi connectivity index (χ3v) is 9.38. The van der Waals surface area contributed by atoms with Gasteiger partial charge in [-0.25, -0.2) is 0 Å². The number of hydrogen-bond acceptors (Lipinski definition) is 8. The van der Waals surface area contributed by atoms with Crippen molar-refractivity contribution in [3.05, 3.63) is 101 Å². The second kappa shape index (κ2) is 17.2. The summed E-state index contributed by atoms with van der Waals surface area (Å²) in [6, 6.07) is 24.1. The second-order valence-electron chi connectivity index (χ2n) is 11.7. The standard InChI is InChI=1S/C36H42N4O6S/c1-40-24-38-39-36(40)47-23-30-20-32(27-14-12-25(22-41)13-15-27)46-35(45-30)28-18-16-26(17-19-28)31-9-7-6-8-29(31)21-37-33(42)10-4-2-3-5-11-34(43)44/h6-9,12-19,24,30,32,35,41H,2-5,10-11,20-23H2,1H3,(H,37,42)(H,43,44). The van der Waals surface area contributed by atoms with Gasteiger partial charge in [-0.05, 0) is 40.7 Å². The van der Waals surface area contributed by atoms with Gasteiger partial charge in [0.1, 0.15) is 6.33 Å². The molecule has 10 nitrogen and oxygen atoms in total. The summed E-state index contributed by atoms with van der Waals surface area (Å²) in [6.45, 7) is 0.417. The average molecular weight is 659 g/mol. The number of carbonyl (C=O) groups excluding carboxylic acids is 1. The zero-order valence-electron chi connectivity index (χ0n) is 26.6. The molecule has 3 atom stereocenters. The van der Waals surface area contributed by atoms with Crippen molar-refractivity contribution >= 4 is 23.6 Å². The van der Waals surface area contributed by atoms with E-state index >= 15 is 0 Å². The van der Waals surface area contributed by atoms with Crippen LogP contribution in [0.5, 0.6) is 0 Å². The van der Waals surface area contributed by atoms with E-state index in [1.807, 2.05) is 66.2 Å². The van der Waals surface area contributed by atoms with Gasteiger partial charge < -0.3 is 29.6 Å². The Balaban J connectivity index is 1.23. The summed E-state index contributed by atoms with van der Waals surface area (Å²) in [5.74, 6) is -0.0906. The molecule has 1 aliphatic rings. The Morgan fingerprint density at radius 3 is 2.36 bits per heavy atom. The molecule has 47 heavy (non-hydrogen) atoms. The van der Waals surface area contributed by atoms with E-state index in [0.717, 1.165) is 57.8 Å². The number of nitrogens with one attached hydrogen (secondary N) is 1. The predicted octanol–water partition coefficient (Wildman–Crippen LogP) is 6.35. The molecule has 4 aromatic rings. The van der Waals surface area contributed by atoms with Gasteiger partial charge in [-0.15, -0.1) is 10.2 Å². The summed E-state index contributed by atoms with van der Waals surface area (Å²) in [7, 11) is 1.92. The second-order valence-corrected chi connectivity index (χ2v) is 12.7. The zero-order chi connectivity index (χ0) is 33.0. The van der Waals surface area contributed by atoms with Gasteiger partial charge >= 0.3 is 5.97 Å². The van der Waals surface area contributed by atoms with Gasteiger partial charge in [0.05, 0.1) is 18.8 Å². The molecule has 1 saturated heterocycles. The monoisotopic (exact) mass is 658 g/mol. The number of aromatic nitrogens is 3. The number of aliphatic carboxylic acids is 1. The number of hydrogen-bond donors (Lipinski definition) is 3. The lowest BCUT2D eigenvalue weighted by Crippen LogP contribution is -2.31. The molecule has 1 fully saturated rings. The number of benzene rings is 3. The molecule has 3 N–H and O–H groups in total. The number of carboxylic acid groups (broad SMARTS) is 1. The lowest BCUT2D eigenvalue weighted by molar-refractivity contribution is -0.245. The zero-order valence-corrected chi connectivity index (χ0v) is 27.4. The molecule has 0 saturated carbocycles. The number of nitrogens with zero attached hydrogens (tertiary/aromatic N) is 3. The van der Waals surface area contributed by atoms with Crippen LogP contribution in [0, 0.1) is 0 Å². The summed E-state index contributed by atoms with van der Waals surface area (Å²) in [6.07, 6.45) is 5.18. The number of carbonyl (C=O) groups is 2. The quantitative estimate of drug-likeness (QED) is 0.0929. The van der Waals surface area contributed by atoms with Crippen molar-refractivity contribution in [2.24, 2.45) is 7.05 Å². The molecule has 0 radical (unpaired) electrons. The molecule has 0 spiro atoms. The number of ether oxygens (including phenoxy) is 2. The maximum absolute atomic E-state index is 12.5. The molecule has 0 bridgehead atoms. The lowest BCUT2D eigenvalue weighted by atomic mass is 9.97. The molecule has 5 rings (SSSR count). The van der Waals surface area contributed by atoms with Crippen LogP contribution >= 0.6 is 11.8 Å². The maximum Gasteiger partial charge on any atom is 0.303 e. The van der Waals surface area contributed by atoms with E-state index in [9.17, 15) is 14.7 Å². The van der Waals surface area contributed by atoms with Crippen LogP contribution in [0.25, 0.3) is 11.1 Å². The van der Waals surface area contributed by atoms with Crippen LogP contribution in [0.1, 0.15) is 79.6 Å². The number of thioether (sulfide) groups is 1. The molecule has 3 aromatic carbocycles. The molecule has 248 valence electrons. The molecule has 1 aliphatic heterocycles. The van der Waals surface area contributed by atoms with Crippen LogP contribution < -0.4 is 5.32 Å². The largest absolute Gasteiger partial charge is 0.481 e. The van der Waals surface area contributed by atoms with Crippen molar-refractivity contribution < 1.29 is 29.3 Å². The van der Waals surface area contributed by atoms with Gasteiger partial charge in [0.25, 0.3) is 0 Å². The van der Waals surface area contributed by atoms with E-state index in [1.54, 1.807) is 18.1 Å². The highest BCUT2D eigenvalue weighted by Gasteiger charge is 2.32. The molecule has 11 heteroatoms. The Hall–Kier alpha value is -4.03. The number of amides is 1. The minimum atomic E-state index is -0.778. The van der Waals surface area contributed by atoms with Crippen molar-refractivity contribution in [3.63, 3.8) is 0 Å². The number of unbranched alkanes of at least 4 members (excludes halogenated alkanes) is 3. The van der Waals surface area contributed by atoms with Crippen molar-refractivity contribution in [2.75, 3.05) is 5.75 Å². The van der Waals surface area contributed by atoms with E-state index in [2.05, 4.69) is 33.7 Å². The third kappa shape index (κ3) is 9.98. The average Bonchev–Trinajstić information content (AvgIpc) is 3.52. The van der Waals surface area contributed by atoms with E-state index in [-0.39, 0.29) is 31.1 Å². The minimum Gasteiger partial charge on any atom is -0.481 e. The first-order valence-electron chi connectivity index (χ1n) is 16.0. The SMILES string of the molecule is Cn1cnnc1SCC1CC(c2ccc(CO)cc2)OC(c2ccc(-c3ccccc3CNC(=O)CCCCCCC(=O)O)cc2)O1. The molecular formula is C36H42N4O6S. The van der Waals surface area contributed by atoms with Gasteiger partial charge in [0.2, 0.25) is 5.91 Å². The minimum absolute atomic E-state index is 0.00602. The van der Waals surface area contributed by atoms with E-state index in [0.29, 0.717) is 31.6 Å². The molecule has 1 aromatic heterocycles. The number of rotatable bonds is 16. The van der Waals surface area contributed by atoms with E-state index in [1.165, 1.54) is 0 Å². The van der Waals surface area contributed by atoms with Crippen molar-refractivity contribution in [2.45, 2.75) is 81.8 Å². The van der Waals surface area contributed by atoms with Crippen LogP contribution in [0.4, 0.5) is 0 Å². The van der Waals surface area contributed by atoms with Crippen molar-refractivity contribution in [3.8, 4) is 11.1 Å². The molecule has 0 aliphatic carbocycles. The summed E-state index contributed by atoms with van der Waals surface area (Å²) in [5, 5.41) is 30.3. The number of aryl methyl sites for hydroxylation is 1. The Labute approximate surface area is 279 Å². The van der Waals surface area contributed by atoms with Crippen LogP contribution in [0.2, 0.25) is 0 Å². The fraction of sp³-hybridized carbons (Fsp3) is 0.389. The topological polar surface area (TPSA) is 136 Å². The van der Waals surface area contributed by atoms with Crippen molar-refractivity contribution in [1.29, 1.82) is 0 Å². The highest BCUT2D eigenvalue weighted by Crippen LogP contribution is 2.40.